The van der Waals surface area contributed by atoms with E-state index in [2.05, 4.69) is 0 Å². The second-order valence-electron chi connectivity index (χ2n) is 4.06. The van der Waals surface area contributed by atoms with Crippen LogP contribution in [0.4, 0.5) is 0 Å². The zero-order chi connectivity index (χ0) is 13.7. The highest BCUT2D eigenvalue weighted by atomic mass is 32.1. The van der Waals surface area contributed by atoms with Gasteiger partial charge in [-0.3, -0.25) is 4.79 Å². The maximum absolute atomic E-state index is 12.0. The lowest BCUT2D eigenvalue weighted by atomic mass is 10.2. The van der Waals surface area contributed by atoms with Gasteiger partial charge >= 0.3 is 5.97 Å². The number of thiophene rings is 1. The minimum absolute atomic E-state index is 0.0140. The third-order valence-corrected chi connectivity index (χ3v) is 3.64. The summed E-state index contributed by atoms with van der Waals surface area (Å²) >= 11 is 1.32. The van der Waals surface area contributed by atoms with Crippen LogP contribution in [0.15, 0.2) is 12.1 Å². The van der Waals surface area contributed by atoms with E-state index in [-0.39, 0.29) is 5.91 Å². The van der Waals surface area contributed by atoms with Crippen molar-refractivity contribution in [2.75, 3.05) is 13.6 Å². The van der Waals surface area contributed by atoms with Crippen LogP contribution < -0.4 is 0 Å². The monoisotopic (exact) mass is 267 g/mol. The SMILES string of the molecule is CCCN(C)C(=O)c1cc(C)c(C=CC(=O)O)s1. The van der Waals surface area contributed by atoms with Crippen molar-refractivity contribution in [3.8, 4) is 0 Å². The molecule has 0 aliphatic heterocycles. The molecule has 1 amide bonds. The molecule has 0 bridgehead atoms. The number of aryl methyl sites for hydroxylation is 1. The molecule has 1 aromatic rings. The maximum atomic E-state index is 12.0. The molecule has 0 radical (unpaired) electrons. The lowest BCUT2D eigenvalue weighted by molar-refractivity contribution is -0.131. The lowest BCUT2D eigenvalue weighted by Gasteiger charge is -2.14. The van der Waals surface area contributed by atoms with Crippen molar-refractivity contribution in [2.24, 2.45) is 0 Å². The number of rotatable bonds is 5. The molecule has 0 aliphatic rings. The van der Waals surface area contributed by atoms with Crippen molar-refractivity contribution in [1.82, 2.24) is 4.90 Å². The molecule has 0 atom stereocenters. The first-order valence-electron chi connectivity index (χ1n) is 5.72. The van der Waals surface area contributed by atoms with Gasteiger partial charge in [-0.1, -0.05) is 6.92 Å². The van der Waals surface area contributed by atoms with Gasteiger partial charge in [-0.05, 0) is 31.1 Å². The van der Waals surface area contributed by atoms with Crippen molar-refractivity contribution < 1.29 is 14.7 Å². The van der Waals surface area contributed by atoms with Crippen molar-refractivity contribution >= 4 is 29.3 Å². The van der Waals surface area contributed by atoms with Crippen LogP contribution in [0.2, 0.25) is 0 Å². The summed E-state index contributed by atoms with van der Waals surface area (Å²) in [4.78, 5) is 25.6. The van der Waals surface area contributed by atoms with Gasteiger partial charge in [-0.15, -0.1) is 11.3 Å². The summed E-state index contributed by atoms with van der Waals surface area (Å²) in [5.41, 5.74) is 0.922. The first-order chi connectivity index (χ1) is 8.45. The molecule has 18 heavy (non-hydrogen) atoms. The van der Waals surface area contributed by atoms with E-state index in [1.165, 1.54) is 17.4 Å². The molecule has 1 N–H and O–H groups in total. The number of carboxylic acid groups (broad SMARTS) is 1. The number of amides is 1. The van der Waals surface area contributed by atoms with E-state index < -0.39 is 5.97 Å². The van der Waals surface area contributed by atoms with E-state index in [9.17, 15) is 9.59 Å². The first-order valence-corrected chi connectivity index (χ1v) is 6.54. The predicted molar refractivity (Wildman–Crippen MR) is 73.0 cm³/mol. The van der Waals surface area contributed by atoms with Crippen molar-refractivity contribution in [1.29, 1.82) is 0 Å². The fraction of sp³-hybridized carbons (Fsp3) is 0.385. The molecule has 1 rings (SSSR count). The van der Waals surface area contributed by atoms with Gasteiger partial charge in [-0.25, -0.2) is 4.79 Å². The minimum atomic E-state index is -0.987. The number of nitrogens with zero attached hydrogens (tertiary/aromatic N) is 1. The van der Waals surface area contributed by atoms with Crippen LogP contribution in [0, 0.1) is 6.92 Å². The Morgan fingerprint density at radius 3 is 2.72 bits per heavy atom. The van der Waals surface area contributed by atoms with E-state index in [0.717, 1.165) is 29.5 Å². The number of carbonyl (C=O) groups excluding carboxylic acids is 1. The largest absolute Gasteiger partial charge is 0.478 e. The van der Waals surface area contributed by atoms with Gasteiger partial charge < -0.3 is 10.0 Å². The van der Waals surface area contributed by atoms with Gasteiger partial charge in [0.05, 0.1) is 4.88 Å². The second kappa shape index (κ2) is 6.35. The Morgan fingerprint density at radius 2 is 2.17 bits per heavy atom. The summed E-state index contributed by atoms with van der Waals surface area (Å²) in [5, 5.41) is 8.58. The van der Waals surface area contributed by atoms with Crippen LogP contribution in [0.3, 0.4) is 0 Å². The average molecular weight is 267 g/mol. The summed E-state index contributed by atoms with van der Waals surface area (Å²) in [6.07, 6.45) is 3.53. The number of hydrogen-bond donors (Lipinski definition) is 1. The van der Waals surface area contributed by atoms with E-state index in [0.29, 0.717) is 4.88 Å². The van der Waals surface area contributed by atoms with Crippen molar-refractivity contribution in [3.05, 3.63) is 27.5 Å². The summed E-state index contributed by atoms with van der Waals surface area (Å²) < 4.78 is 0. The second-order valence-corrected chi connectivity index (χ2v) is 5.14. The fourth-order valence-electron chi connectivity index (χ4n) is 1.54. The molecule has 0 saturated heterocycles. The summed E-state index contributed by atoms with van der Waals surface area (Å²) in [6, 6.07) is 1.81. The Bertz CT molecular complexity index is 477. The molecule has 4 nitrogen and oxygen atoms in total. The number of carboxylic acids is 1. The molecule has 1 heterocycles. The van der Waals surface area contributed by atoms with Gasteiger partial charge in [0.15, 0.2) is 0 Å². The smallest absolute Gasteiger partial charge is 0.328 e. The topological polar surface area (TPSA) is 57.6 Å². The third-order valence-electron chi connectivity index (χ3n) is 2.45. The van der Waals surface area contributed by atoms with Gasteiger partial charge in [0.25, 0.3) is 5.91 Å². The molecule has 0 aliphatic carbocycles. The standard InChI is InChI=1S/C13H17NO3S/c1-4-7-14(3)13(17)11-8-9(2)10(18-11)5-6-12(15)16/h5-6,8H,4,7H2,1-3H3,(H,15,16). The Kier molecular flexibility index (Phi) is 5.09. The van der Waals surface area contributed by atoms with Gasteiger partial charge in [-0.2, -0.15) is 0 Å². The zero-order valence-electron chi connectivity index (χ0n) is 10.8. The molecule has 5 heteroatoms. The molecule has 0 aromatic carbocycles. The lowest BCUT2D eigenvalue weighted by Crippen LogP contribution is -2.26. The quantitative estimate of drug-likeness (QED) is 0.834. The molecule has 0 saturated carbocycles. The average Bonchev–Trinajstić information content (AvgIpc) is 2.67. The fourth-order valence-corrected chi connectivity index (χ4v) is 2.61. The van der Waals surface area contributed by atoms with Crippen LogP contribution >= 0.6 is 11.3 Å². The van der Waals surface area contributed by atoms with Crippen LogP contribution in [-0.2, 0) is 4.79 Å². The molecular formula is C13H17NO3S. The van der Waals surface area contributed by atoms with E-state index in [1.54, 1.807) is 18.0 Å². The summed E-state index contributed by atoms with van der Waals surface area (Å²) in [7, 11) is 1.77. The van der Waals surface area contributed by atoms with Crippen molar-refractivity contribution in [3.63, 3.8) is 0 Å². The molecule has 0 fully saturated rings. The van der Waals surface area contributed by atoms with E-state index in [4.69, 9.17) is 5.11 Å². The molecule has 1 aromatic heterocycles. The van der Waals surface area contributed by atoms with Crippen LogP contribution in [0.5, 0.6) is 0 Å². The highest BCUT2D eigenvalue weighted by Crippen LogP contribution is 2.24. The van der Waals surface area contributed by atoms with Gasteiger partial charge in [0.2, 0.25) is 0 Å². The maximum Gasteiger partial charge on any atom is 0.328 e. The molecule has 0 unspecified atom stereocenters. The third kappa shape index (κ3) is 3.70. The summed E-state index contributed by atoms with van der Waals surface area (Å²) in [5.74, 6) is -1.00. The number of aliphatic carboxylic acids is 1. The van der Waals surface area contributed by atoms with Crippen molar-refractivity contribution in [2.45, 2.75) is 20.3 Å². The van der Waals surface area contributed by atoms with Gasteiger partial charge in [0, 0.05) is 24.5 Å². The molecule has 98 valence electrons. The van der Waals surface area contributed by atoms with Crippen LogP contribution in [0.1, 0.15) is 33.5 Å². The Hall–Kier alpha value is -1.62. The molecular weight excluding hydrogens is 250 g/mol. The highest BCUT2D eigenvalue weighted by molar-refractivity contribution is 7.15. The number of hydrogen-bond acceptors (Lipinski definition) is 3. The van der Waals surface area contributed by atoms with Crippen LogP contribution in [-0.4, -0.2) is 35.5 Å². The zero-order valence-corrected chi connectivity index (χ0v) is 11.6. The predicted octanol–water partition coefficient (Wildman–Crippen LogP) is 2.64. The number of carbonyl (C=O) groups is 2. The van der Waals surface area contributed by atoms with Gasteiger partial charge in [0.1, 0.15) is 0 Å². The normalized spacial score (nSPS) is 10.8. The Morgan fingerprint density at radius 1 is 1.50 bits per heavy atom. The van der Waals surface area contributed by atoms with E-state index >= 15 is 0 Å². The first kappa shape index (κ1) is 14.4. The Balaban J connectivity index is 2.90. The molecule has 0 spiro atoms. The highest BCUT2D eigenvalue weighted by Gasteiger charge is 2.14. The van der Waals surface area contributed by atoms with Crippen LogP contribution in [0.25, 0.3) is 6.08 Å². The summed E-state index contributed by atoms with van der Waals surface area (Å²) in [6.45, 7) is 4.61. The Labute approximate surface area is 111 Å². The van der Waals surface area contributed by atoms with E-state index in [1.807, 2.05) is 13.8 Å². The minimum Gasteiger partial charge on any atom is -0.478 e.